The molecule has 1 aliphatic heterocycles. The largest absolute Gasteiger partial charge is 0.478 e. The highest BCUT2D eigenvalue weighted by molar-refractivity contribution is 6.30. The molecule has 0 saturated carbocycles. The summed E-state index contributed by atoms with van der Waals surface area (Å²) in [6, 6.07) is 12.4. The van der Waals surface area contributed by atoms with E-state index in [4.69, 9.17) is 21.1 Å². The number of benzene rings is 1. The van der Waals surface area contributed by atoms with Crippen molar-refractivity contribution in [2.45, 2.75) is 38.4 Å². The predicted octanol–water partition coefficient (Wildman–Crippen LogP) is 3.54. The molecule has 0 N–H and O–H groups in total. The van der Waals surface area contributed by atoms with E-state index in [1.807, 2.05) is 17.0 Å². The van der Waals surface area contributed by atoms with E-state index >= 15 is 0 Å². The molecule has 0 aliphatic carbocycles. The zero-order valence-electron chi connectivity index (χ0n) is 17.4. The van der Waals surface area contributed by atoms with Crippen molar-refractivity contribution < 1.29 is 14.3 Å². The molecule has 162 valence electrons. The molecule has 9 heteroatoms. The summed E-state index contributed by atoms with van der Waals surface area (Å²) in [5, 5.41) is 13.0. The summed E-state index contributed by atoms with van der Waals surface area (Å²) in [7, 11) is 0. The van der Waals surface area contributed by atoms with Gasteiger partial charge in [-0.25, -0.2) is 4.68 Å². The number of aromatic nitrogens is 4. The van der Waals surface area contributed by atoms with E-state index in [1.165, 1.54) is 0 Å². The van der Waals surface area contributed by atoms with Crippen LogP contribution in [0.2, 0.25) is 5.02 Å². The number of halogens is 1. The fourth-order valence-corrected chi connectivity index (χ4v) is 3.60. The van der Waals surface area contributed by atoms with Crippen LogP contribution in [0, 0.1) is 0 Å². The summed E-state index contributed by atoms with van der Waals surface area (Å²) in [4.78, 5) is 14.8. The number of nitrogens with zero attached hydrogens (tertiary/aromatic N) is 5. The van der Waals surface area contributed by atoms with Gasteiger partial charge in [-0.2, -0.15) is 5.10 Å². The van der Waals surface area contributed by atoms with Crippen LogP contribution in [0.5, 0.6) is 11.6 Å². The number of hydrogen-bond donors (Lipinski definition) is 0. The van der Waals surface area contributed by atoms with Crippen molar-refractivity contribution in [1.29, 1.82) is 0 Å². The Morgan fingerprint density at radius 2 is 1.84 bits per heavy atom. The Morgan fingerprint density at radius 3 is 2.45 bits per heavy atom. The van der Waals surface area contributed by atoms with E-state index in [1.54, 1.807) is 61.3 Å². The Morgan fingerprint density at radius 1 is 1.10 bits per heavy atom. The van der Waals surface area contributed by atoms with Crippen molar-refractivity contribution >= 4 is 17.5 Å². The van der Waals surface area contributed by atoms with Gasteiger partial charge < -0.3 is 14.4 Å². The number of amides is 1. The lowest BCUT2D eigenvalue weighted by Crippen LogP contribution is -2.52. The van der Waals surface area contributed by atoms with Gasteiger partial charge >= 0.3 is 0 Å². The predicted molar refractivity (Wildman–Crippen MR) is 116 cm³/mol. The molecule has 1 aliphatic rings. The Kier molecular flexibility index (Phi) is 6.08. The Labute approximate surface area is 185 Å². The number of rotatable bonds is 6. The first kappa shape index (κ1) is 21.1. The van der Waals surface area contributed by atoms with Crippen LogP contribution in [0.4, 0.5) is 0 Å². The van der Waals surface area contributed by atoms with Gasteiger partial charge in [-0.3, -0.25) is 4.79 Å². The molecule has 0 atom stereocenters. The lowest BCUT2D eigenvalue weighted by Gasteiger charge is -2.36. The maximum absolute atomic E-state index is 13.0. The first-order valence-electron chi connectivity index (χ1n) is 10.1. The standard InChI is InChI=1S/C22H24ClN5O3/c1-22(2,31-18-6-4-16(23)5-7-18)21(29)27-14-10-17(11-15-27)30-20-9-8-19(25-26-20)28-13-3-12-24-28/h3-9,12-13,17H,10-11,14-15H2,1-2H3. The van der Waals surface area contributed by atoms with Gasteiger partial charge in [-0.05, 0) is 50.2 Å². The van der Waals surface area contributed by atoms with Crippen molar-refractivity contribution in [2.75, 3.05) is 13.1 Å². The van der Waals surface area contributed by atoms with Crippen LogP contribution in [0.25, 0.3) is 5.82 Å². The summed E-state index contributed by atoms with van der Waals surface area (Å²) >= 11 is 5.92. The summed E-state index contributed by atoms with van der Waals surface area (Å²) < 4.78 is 13.5. The lowest BCUT2D eigenvalue weighted by atomic mass is 10.0. The number of hydrogen-bond acceptors (Lipinski definition) is 6. The van der Waals surface area contributed by atoms with Gasteiger partial charge in [-0.1, -0.05) is 11.6 Å². The van der Waals surface area contributed by atoms with Crippen molar-refractivity contribution in [2.24, 2.45) is 0 Å². The fourth-order valence-electron chi connectivity index (χ4n) is 3.47. The third kappa shape index (κ3) is 5.14. The fraction of sp³-hybridized carbons (Fsp3) is 0.364. The van der Waals surface area contributed by atoms with Crippen molar-refractivity contribution in [3.63, 3.8) is 0 Å². The zero-order valence-corrected chi connectivity index (χ0v) is 18.2. The minimum absolute atomic E-state index is 0.0193. The molecule has 0 unspecified atom stereocenters. The second-order valence-electron chi connectivity index (χ2n) is 7.86. The molecule has 1 fully saturated rings. The Balaban J connectivity index is 1.29. The van der Waals surface area contributed by atoms with Gasteiger partial charge in [0.15, 0.2) is 11.4 Å². The first-order valence-corrected chi connectivity index (χ1v) is 10.5. The number of piperidine rings is 1. The minimum atomic E-state index is -0.977. The Hall–Kier alpha value is -3.13. The monoisotopic (exact) mass is 441 g/mol. The molecular formula is C22H24ClN5O3. The zero-order chi connectivity index (χ0) is 21.8. The van der Waals surface area contributed by atoms with Crippen LogP contribution in [0.15, 0.2) is 54.9 Å². The smallest absolute Gasteiger partial charge is 0.266 e. The molecule has 31 heavy (non-hydrogen) atoms. The van der Waals surface area contributed by atoms with Gasteiger partial charge in [0.1, 0.15) is 11.9 Å². The third-order valence-electron chi connectivity index (χ3n) is 5.08. The van der Waals surface area contributed by atoms with E-state index < -0.39 is 5.60 Å². The molecule has 2 aromatic heterocycles. The highest BCUT2D eigenvalue weighted by Gasteiger charge is 2.36. The normalized spacial score (nSPS) is 15.0. The van der Waals surface area contributed by atoms with Gasteiger partial charge in [-0.15, -0.1) is 10.2 Å². The van der Waals surface area contributed by atoms with Crippen LogP contribution in [0.1, 0.15) is 26.7 Å². The maximum Gasteiger partial charge on any atom is 0.266 e. The SMILES string of the molecule is CC(C)(Oc1ccc(Cl)cc1)C(=O)N1CCC(Oc2ccc(-n3cccn3)nn2)CC1. The van der Waals surface area contributed by atoms with Crippen molar-refractivity contribution in [1.82, 2.24) is 24.9 Å². The van der Waals surface area contributed by atoms with Crippen LogP contribution >= 0.6 is 11.6 Å². The van der Waals surface area contributed by atoms with E-state index in [9.17, 15) is 4.79 Å². The van der Waals surface area contributed by atoms with Crippen molar-refractivity contribution in [3.8, 4) is 17.4 Å². The number of carbonyl (C=O) groups is 1. The van der Waals surface area contributed by atoms with Gasteiger partial charge in [0.2, 0.25) is 5.88 Å². The third-order valence-corrected chi connectivity index (χ3v) is 5.34. The summed E-state index contributed by atoms with van der Waals surface area (Å²) in [6.07, 6.45) is 4.89. The molecule has 1 amide bonds. The van der Waals surface area contributed by atoms with Crippen LogP contribution < -0.4 is 9.47 Å². The quantitative estimate of drug-likeness (QED) is 0.581. The highest BCUT2D eigenvalue weighted by atomic mass is 35.5. The second kappa shape index (κ2) is 8.93. The number of carbonyl (C=O) groups excluding carboxylic acids is 1. The highest BCUT2D eigenvalue weighted by Crippen LogP contribution is 2.24. The van der Waals surface area contributed by atoms with Gasteiger partial charge in [0, 0.05) is 49.4 Å². The average Bonchev–Trinajstić information content (AvgIpc) is 3.31. The topological polar surface area (TPSA) is 82.4 Å². The molecule has 0 radical (unpaired) electrons. The van der Waals surface area contributed by atoms with Crippen LogP contribution in [-0.4, -0.2) is 55.6 Å². The molecule has 3 heterocycles. The van der Waals surface area contributed by atoms with E-state index in [0.717, 1.165) is 0 Å². The average molecular weight is 442 g/mol. The van der Waals surface area contributed by atoms with Crippen LogP contribution in [0.3, 0.4) is 0 Å². The second-order valence-corrected chi connectivity index (χ2v) is 8.29. The van der Waals surface area contributed by atoms with Gasteiger partial charge in [0.05, 0.1) is 0 Å². The van der Waals surface area contributed by atoms with Gasteiger partial charge in [0.25, 0.3) is 5.91 Å². The Bertz CT molecular complexity index is 999. The maximum atomic E-state index is 13.0. The molecule has 4 rings (SSSR count). The number of ether oxygens (including phenoxy) is 2. The van der Waals surface area contributed by atoms with Crippen molar-refractivity contribution in [3.05, 3.63) is 59.9 Å². The lowest BCUT2D eigenvalue weighted by molar-refractivity contribution is -0.147. The van der Waals surface area contributed by atoms with Crippen LogP contribution in [-0.2, 0) is 4.79 Å². The molecule has 3 aromatic rings. The summed E-state index contributed by atoms with van der Waals surface area (Å²) in [5.41, 5.74) is -0.977. The minimum Gasteiger partial charge on any atom is -0.478 e. The molecular weight excluding hydrogens is 418 g/mol. The van der Waals surface area contributed by atoms with E-state index in [0.29, 0.717) is 48.4 Å². The molecule has 0 spiro atoms. The summed E-state index contributed by atoms with van der Waals surface area (Å²) in [6.45, 7) is 4.75. The molecule has 1 saturated heterocycles. The summed E-state index contributed by atoms with van der Waals surface area (Å²) in [5.74, 6) is 1.65. The van der Waals surface area contributed by atoms with E-state index in [2.05, 4.69) is 15.3 Å². The first-order chi connectivity index (χ1) is 14.9. The molecule has 0 bridgehead atoms. The molecule has 8 nitrogen and oxygen atoms in total. The number of likely N-dealkylation sites (tertiary alicyclic amines) is 1. The van der Waals surface area contributed by atoms with E-state index in [-0.39, 0.29) is 12.0 Å². The molecule has 1 aromatic carbocycles.